The number of alkyl halides is 1. The molecule has 0 fully saturated rings. The lowest BCUT2D eigenvalue weighted by atomic mass is 10.1. The highest BCUT2D eigenvalue weighted by molar-refractivity contribution is 7.19. The van der Waals surface area contributed by atoms with Crippen LogP contribution in [0.25, 0.3) is 21.1 Å². The van der Waals surface area contributed by atoms with E-state index in [9.17, 15) is 4.79 Å². The molecule has 0 bridgehead atoms. The number of rotatable bonds is 2. The SMILES string of the molecule is O=c1[nH]c2ccc(C(Cl)c3cc4ccccc4s3)cc2[nH]1. The van der Waals surface area contributed by atoms with Crippen LogP contribution in [0.2, 0.25) is 0 Å². The Balaban J connectivity index is 1.80. The molecule has 3 nitrogen and oxygen atoms in total. The fourth-order valence-corrected chi connectivity index (χ4v) is 3.90. The van der Waals surface area contributed by atoms with Crippen molar-refractivity contribution in [3.05, 3.63) is 69.5 Å². The molecular weight excluding hydrogens is 304 g/mol. The standard InChI is InChI=1S/C16H11ClN2OS/c17-15(14-8-9-3-1-2-4-13(9)21-14)10-5-6-11-12(7-10)19-16(20)18-11/h1-8,15H,(H2,18,19,20). The molecule has 1 unspecified atom stereocenters. The number of H-pyrrole nitrogens is 2. The van der Waals surface area contributed by atoms with Crippen LogP contribution in [0, 0.1) is 0 Å². The molecule has 0 saturated heterocycles. The lowest BCUT2D eigenvalue weighted by molar-refractivity contribution is 1.19. The van der Waals surface area contributed by atoms with E-state index in [0.717, 1.165) is 21.5 Å². The first-order valence-electron chi connectivity index (χ1n) is 6.55. The number of halogens is 1. The summed E-state index contributed by atoms with van der Waals surface area (Å²) in [5.74, 6) is 0. The van der Waals surface area contributed by atoms with E-state index in [4.69, 9.17) is 11.6 Å². The number of benzene rings is 2. The van der Waals surface area contributed by atoms with Crippen LogP contribution in [0.3, 0.4) is 0 Å². The molecule has 2 N–H and O–H groups in total. The van der Waals surface area contributed by atoms with Gasteiger partial charge in [-0.3, -0.25) is 0 Å². The fourth-order valence-electron chi connectivity index (χ4n) is 2.50. The predicted molar refractivity (Wildman–Crippen MR) is 88.4 cm³/mol. The molecule has 104 valence electrons. The van der Waals surface area contributed by atoms with Crippen LogP contribution in [0.1, 0.15) is 15.8 Å². The Hall–Kier alpha value is -2.04. The van der Waals surface area contributed by atoms with E-state index in [-0.39, 0.29) is 11.1 Å². The lowest BCUT2D eigenvalue weighted by Crippen LogP contribution is -1.99. The molecule has 1 atom stereocenters. The zero-order valence-corrected chi connectivity index (χ0v) is 12.5. The highest BCUT2D eigenvalue weighted by Crippen LogP contribution is 2.37. The summed E-state index contributed by atoms with van der Waals surface area (Å²) < 4.78 is 1.23. The van der Waals surface area contributed by atoms with Crippen molar-refractivity contribution >= 4 is 44.1 Å². The van der Waals surface area contributed by atoms with Crippen LogP contribution in [0.5, 0.6) is 0 Å². The summed E-state index contributed by atoms with van der Waals surface area (Å²) in [7, 11) is 0. The number of thiophene rings is 1. The van der Waals surface area contributed by atoms with Crippen molar-refractivity contribution < 1.29 is 0 Å². The molecule has 0 spiro atoms. The van der Waals surface area contributed by atoms with Gasteiger partial charge in [-0.1, -0.05) is 24.3 Å². The molecule has 0 radical (unpaired) electrons. The zero-order chi connectivity index (χ0) is 14.4. The number of aromatic amines is 2. The third kappa shape index (κ3) is 2.17. The van der Waals surface area contributed by atoms with Gasteiger partial charge in [0.15, 0.2) is 0 Å². The van der Waals surface area contributed by atoms with Gasteiger partial charge in [0.05, 0.1) is 16.4 Å². The van der Waals surface area contributed by atoms with E-state index < -0.39 is 0 Å². The van der Waals surface area contributed by atoms with Gasteiger partial charge in [-0.25, -0.2) is 4.79 Å². The van der Waals surface area contributed by atoms with Gasteiger partial charge in [-0.15, -0.1) is 22.9 Å². The highest BCUT2D eigenvalue weighted by atomic mass is 35.5. The van der Waals surface area contributed by atoms with Crippen LogP contribution in [-0.2, 0) is 0 Å². The first kappa shape index (κ1) is 12.7. The van der Waals surface area contributed by atoms with Crippen molar-refractivity contribution in [1.82, 2.24) is 9.97 Å². The van der Waals surface area contributed by atoms with Gasteiger partial charge in [-0.2, -0.15) is 0 Å². The lowest BCUT2D eigenvalue weighted by Gasteiger charge is -2.07. The normalized spacial score (nSPS) is 13.0. The minimum Gasteiger partial charge on any atom is -0.306 e. The summed E-state index contributed by atoms with van der Waals surface area (Å²) in [5, 5.41) is 0.990. The average molecular weight is 315 g/mol. The van der Waals surface area contributed by atoms with Crippen molar-refractivity contribution in [2.45, 2.75) is 5.38 Å². The molecule has 2 aromatic heterocycles. The molecule has 4 rings (SSSR count). The minimum atomic E-state index is -0.217. The van der Waals surface area contributed by atoms with Gasteiger partial charge >= 0.3 is 5.69 Å². The number of nitrogens with one attached hydrogen (secondary N) is 2. The minimum absolute atomic E-state index is 0.199. The van der Waals surface area contributed by atoms with E-state index in [1.54, 1.807) is 11.3 Å². The Kier molecular flexibility index (Phi) is 2.87. The first-order chi connectivity index (χ1) is 10.2. The summed E-state index contributed by atoms with van der Waals surface area (Å²) in [4.78, 5) is 17.9. The highest BCUT2D eigenvalue weighted by Gasteiger charge is 2.15. The van der Waals surface area contributed by atoms with Crippen molar-refractivity contribution in [2.75, 3.05) is 0 Å². The molecule has 0 aliphatic carbocycles. The Morgan fingerprint density at radius 3 is 2.67 bits per heavy atom. The van der Waals surface area contributed by atoms with Crippen molar-refractivity contribution in [1.29, 1.82) is 0 Å². The predicted octanol–water partition coefficient (Wildman–Crippen LogP) is 4.40. The van der Waals surface area contributed by atoms with Gasteiger partial charge in [0.25, 0.3) is 0 Å². The number of fused-ring (bicyclic) bond motifs is 2. The topological polar surface area (TPSA) is 48.6 Å². The maximum atomic E-state index is 11.3. The number of imidazole rings is 1. The van der Waals surface area contributed by atoms with Gasteiger partial charge in [0.1, 0.15) is 0 Å². The van der Waals surface area contributed by atoms with E-state index in [2.05, 4.69) is 28.2 Å². The summed E-state index contributed by atoms with van der Waals surface area (Å²) in [6.45, 7) is 0. The number of hydrogen-bond donors (Lipinski definition) is 2. The van der Waals surface area contributed by atoms with Crippen LogP contribution in [-0.4, -0.2) is 9.97 Å². The summed E-state index contributed by atoms with van der Waals surface area (Å²) in [6.07, 6.45) is 0. The number of aromatic nitrogens is 2. The Morgan fingerprint density at radius 2 is 1.81 bits per heavy atom. The summed E-state index contributed by atoms with van der Waals surface area (Å²) in [5.41, 5.74) is 2.36. The maximum absolute atomic E-state index is 11.3. The molecular formula is C16H11ClN2OS. The Bertz CT molecular complexity index is 965. The Labute approximate surface area is 129 Å². The van der Waals surface area contributed by atoms with Crippen molar-refractivity contribution in [2.24, 2.45) is 0 Å². The fraction of sp³-hybridized carbons (Fsp3) is 0.0625. The van der Waals surface area contributed by atoms with Crippen molar-refractivity contribution in [3.63, 3.8) is 0 Å². The van der Waals surface area contributed by atoms with Gasteiger partial charge in [0, 0.05) is 9.58 Å². The van der Waals surface area contributed by atoms with Crippen LogP contribution in [0.4, 0.5) is 0 Å². The second-order valence-electron chi connectivity index (χ2n) is 4.93. The first-order valence-corrected chi connectivity index (χ1v) is 7.80. The van der Waals surface area contributed by atoms with Gasteiger partial charge in [0.2, 0.25) is 0 Å². The molecule has 0 saturated carbocycles. The monoisotopic (exact) mass is 314 g/mol. The van der Waals surface area contributed by atoms with Crippen LogP contribution < -0.4 is 5.69 Å². The largest absolute Gasteiger partial charge is 0.323 e. The molecule has 21 heavy (non-hydrogen) atoms. The van der Waals surface area contributed by atoms with Gasteiger partial charge < -0.3 is 9.97 Å². The van der Waals surface area contributed by atoms with E-state index in [1.807, 2.05) is 30.3 Å². The molecule has 5 heteroatoms. The third-order valence-electron chi connectivity index (χ3n) is 3.53. The molecule has 0 amide bonds. The van der Waals surface area contributed by atoms with Crippen LogP contribution in [0.15, 0.2) is 53.3 Å². The maximum Gasteiger partial charge on any atom is 0.323 e. The zero-order valence-electron chi connectivity index (χ0n) is 10.9. The summed E-state index contributed by atoms with van der Waals surface area (Å²) >= 11 is 8.32. The van der Waals surface area contributed by atoms with Crippen LogP contribution >= 0.6 is 22.9 Å². The second kappa shape index (κ2) is 4.76. The second-order valence-corrected chi connectivity index (χ2v) is 6.49. The smallest absolute Gasteiger partial charge is 0.306 e. The van der Waals surface area contributed by atoms with E-state index >= 15 is 0 Å². The average Bonchev–Trinajstić information content (AvgIpc) is 3.07. The third-order valence-corrected chi connectivity index (χ3v) is 5.32. The molecule has 4 aromatic rings. The molecule has 2 heterocycles. The Morgan fingerprint density at radius 1 is 1.00 bits per heavy atom. The van der Waals surface area contributed by atoms with Gasteiger partial charge in [-0.05, 0) is 35.2 Å². The van der Waals surface area contributed by atoms with E-state index in [0.29, 0.717) is 0 Å². The quantitative estimate of drug-likeness (QED) is 0.529. The van der Waals surface area contributed by atoms with E-state index in [1.165, 1.54) is 10.1 Å². The molecule has 0 aliphatic heterocycles. The van der Waals surface area contributed by atoms with Crippen molar-refractivity contribution in [3.8, 4) is 0 Å². The molecule has 2 aromatic carbocycles. The summed E-state index contributed by atoms with van der Waals surface area (Å²) in [6, 6.07) is 16.1. The number of hydrogen-bond acceptors (Lipinski definition) is 2. The molecule has 0 aliphatic rings.